The lowest BCUT2D eigenvalue weighted by molar-refractivity contribution is -0.133. The van der Waals surface area contributed by atoms with Gasteiger partial charge in [-0.1, -0.05) is 43.9 Å². The van der Waals surface area contributed by atoms with Crippen LogP contribution in [0.3, 0.4) is 0 Å². The topological polar surface area (TPSA) is 68.0 Å². The van der Waals surface area contributed by atoms with E-state index in [4.69, 9.17) is 5.11 Å². The molecule has 1 aliphatic carbocycles. The highest BCUT2D eigenvalue weighted by molar-refractivity contribution is 7.99. The Kier molecular flexibility index (Phi) is 6.08. The predicted octanol–water partition coefficient (Wildman–Crippen LogP) is 3.55. The van der Waals surface area contributed by atoms with E-state index in [-0.39, 0.29) is 11.8 Å². The summed E-state index contributed by atoms with van der Waals surface area (Å²) in [6.07, 6.45) is 8.92. The lowest BCUT2D eigenvalue weighted by Crippen LogP contribution is -2.12. The maximum Gasteiger partial charge on any atom is 0.313 e. The predicted molar refractivity (Wildman–Crippen MR) is 83.7 cm³/mol. The molecule has 0 radical (unpaired) electrons. The second kappa shape index (κ2) is 7.82. The quantitative estimate of drug-likeness (QED) is 0.780. The zero-order valence-corrected chi connectivity index (χ0v) is 13.7. The van der Waals surface area contributed by atoms with Crippen molar-refractivity contribution in [2.45, 2.75) is 70.0 Å². The Bertz CT molecular complexity index is 467. The molecule has 1 saturated carbocycles. The monoisotopic (exact) mass is 311 g/mol. The summed E-state index contributed by atoms with van der Waals surface area (Å²) in [6.45, 7) is 4.19. The van der Waals surface area contributed by atoms with Crippen molar-refractivity contribution in [2.75, 3.05) is 5.75 Å². The Morgan fingerprint density at radius 3 is 2.67 bits per heavy atom. The zero-order valence-electron chi connectivity index (χ0n) is 12.9. The van der Waals surface area contributed by atoms with Crippen LogP contribution in [0.15, 0.2) is 5.16 Å². The molecular formula is C15H25N3O2S. The number of aryl methyl sites for hydroxylation is 1. The molecule has 0 bridgehead atoms. The maximum atomic E-state index is 10.7. The largest absolute Gasteiger partial charge is 0.481 e. The van der Waals surface area contributed by atoms with Crippen molar-refractivity contribution >= 4 is 17.7 Å². The van der Waals surface area contributed by atoms with Gasteiger partial charge in [0.25, 0.3) is 0 Å². The van der Waals surface area contributed by atoms with E-state index < -0.39 is 5.97 Å². The first kappa shape index (κ1) is 16.3. The van der Waals surface area contributed by atoms with Crippen molar-refractivity contribution < 1.29 is 9.90 Å². The van der Waals surface area contributed by atoms with Crippen LogP contribution in [0.5, 0.6) is 0 Å². The van der Waals surface area contributed by atoms with Crippen molar-refractivity contribution in [2.24, 2.45) is 5.92 Å². The number of carboxylic acid groups (broad SMARTS) is 1. The number of nitrogens with zero attached hydrogens (tertiary/aromatic N) is 3. The summed E-state index contributed by atoms with van der Waals surface area (Å²) in [5, 5.41) is 18.0. The molecule has 0 unspecified atom stereocenters. The molecule has 0 atom stereocenters. The van der Waals surface area contributed by atoms with Gasteiger partial charge in [0.05, 0.1) is 5.75 Å². The maximum absolute atomic E-state index is 10.7. The van der Waals surface area contributed by atoms with E-state index in [1.165, 1.54) is 50.3 Å². The van der Waals surface area contributed by atoms with Crippen molar-refractivity contribution in [1.29, 1.82) is 0 Å². The fourth-order valence-electron chi connectivity index (χ4n) is 3.03. The molecule has 0 spiro atoms. The van der Waals surface area contributed by atoms with Gasteiger partial charge in [-0.2, -0.15) is 0 Å². The van der Waals surface area contributed by atoms with Crippen LogP contribution in [0, 0.1) is 5.92 Å². The smallest absolute Gasteiger partial charge is 0.313 e. The Hall–Kier alpha value is -1.04. The molecule has 0 saturated heterocycles. The summed E-state index contributed by atoms with van der Waals surface area (Å²) in [5.41, 5.74) is 0. The average molecular weight is 311 g/mol. The first-order chi connectivity index (χ1) is 10.1. The number of carboxylic acids is 1. The van der Waals surface area contributed by atoms with E-state index in [1.807, 2.05) is 0 Å². The van der Waals surface area contributed by atoms with Crippen molar-refractivity contribution in [1.82, 2.24) is 14.8 Å². The van der Waals surface area contributed by atoms with Gasteiger partial charge in [-0.3, -0.25) is 4.79 Å². The second-order valence-electron chi connectivity index (χ2n) is 6.09. The highest BCUT2D eigenvalue weighted by atomic mass is 32.2. The van der Waals surface area contributed by atoms with Crippen molar-refractivity contribution in [3.05, 3.63) is 5.82 Å². The summed E-state index contributed by atoms with van der Waals surface area (Å²) < 4.78 is 2.09. The van der Waals surface area contributed by atoms with Crippen molar-refractivity contribution in [3.8, 4) is 0 Å². The van der Waals surface area contributed by atoms with E-state index in [0.717, 1.165) is 23.3 Å². The molecule has 118 valence electrons. The summed E-state index contributed by atoms with van der Waals surface area (Å²) in [4.78, 5) is 10.7. The number of aromatic nitrogens is 3. The number of thioether (sulfide) groups is 1. The Labute approximate surface area is 130 Å². The minimum atomic E-state index is -0.818. The molecule has 1 fully saturated rings. The first-order valence-electron chi connectivity index (χ1n) is 7.86. The molecule has 5 nitrogen and oxygen atoms in total. The van der Waals surface area contributed by atoms with Crippen LogP contribution in [0.2, 0.25) is 0 Å². The SMILES string of the molecule is CC(C)n1c(CCC2CCCCC2)nnc1SCC(=O)O. The first-order valence-corrected chi connectivity index (χ1v) is 8.85. The third kappa shape index (κ3) is 4.73. The summed E-state index contributed by atoms with van der Waals surface area (Å²) >= 11 is 1.26. The Balaban J connectivity index is 1.99. The zero-order chi connectivity index (χ0) is 15.2. The van der Waals surface area contributed by atoms with E-state index in [0.29, 0.717) is 0 Å². The molecule has 1 heterocycles. The number of carbonyl (C=O) groups is 1. The standard InChI is InChI=1S/C15H25N3O2S/c1-11(2)18-13(9-8-12-6-4-3-5-7-12)16-17-15(18)21-10-14(19)20/h11-12H,3-10H2,1-2H3,(H,19,20). The summed E-state index contributed by atoms with van der Waals surface area (Å²) in [5.74, 6) is 1.05. The van der Waals surface area contributed by atoms with Gasteiger partial charge in [0.1, 0.15) is 5.82 Å². The van der Waals surface area contributed by atoms with Gasteiger partial charge in [0.15, 0.2) is 5.16 Å². The third-order valence-corrected chi connectivity index (χ3v) is 5.01. The lowest BCUT2D eigenvalue weighted by atomic mass is 9.86. The van der Waals surface area contributed by atoms with Gasteiger partial charge in [-0.15, -0.1) is 10.2 Å². The number of hydrogen-bond donors (Lipinski definition) is 1. The van der Waals surface area contributed by atoms with E-state index in [9.17, 15) is 4.79 Å². The van der Waals surface area contributed by atoms with Crippen LogP contribution in [-0.2, 0) is 11.2 Å². The van der Waals surface area contributed by atoms with Crippen LogP contribution < -0.4 is 0 Å². The summed E-state index contributed by atoms with van der Waals surface area (Å²) in [7, 11) is 0. The van der Waals surface area contributed by atoms with Crippen LogP contribution in [0.4, 0.5) is 0 Å². The second-order valence-corrected chi connectivity index (χ2v) is 7.03. The summed E-state index contributed by atoms with van der Waals surface area (Å²) in [6, 6.07) is 0.262. The molecule has 2 rings (SSSR count). The number of hydrogen-bond acceptors (Lipinski definition) is 4. The van der Waals surface area contributed by atoms with Gasteiger partial charge in [-0.05, 0) is 26.2 Å². The minimum Gasteiger partial charge on any atom is -0.481 e. The Morgan fingerprint density at radius 1 is 1.33 bits per heavy atom. The van der Waals surface area contributed by atoms with Crippen LogP contribution in [-0.4, -0.2) is 31.6 Å². The van der Waals surface area contributed by atoms with Gasteiger partial charge < -0.3 is 9.67 Å². The fraction of sp³-hybridized carbons (Fsp3) is 0.800. The van der Waals surface area contributed by atoms with E-state index in [1.54, 1.807) is 0 Å². The van der Waals surface area contributed by atoms with Crippen LogP contribution >= 0.6 is 11.8 Å². The van der Waals surface area contributed by atoms with E-state index >= 15 is 0 Å². The van der Waals surface area contributed by atoms with Crippen LogP contribution in [0.1, 0.15) is 64.2 Å². The highest BCUT2D eigenvalue weighted by Gasteiger charge is 2.19. The molecule has 0 aliphatic heterocycles. The highest BCUT2D eigenvalue weighted by Crippen LogP contribution is 2.28. The van der Waals surface area contributed by atoms with Gasteiger partial charge >= 0.3 is 5.97 Å². The molecule has 1 aromatic heterocycles. The molecule has 21 heavy (non-hydrogen) atoms. The lowest BCUT2D eigenvalue weighted by Gasteiger charge is -2.21. The molecule has 1 aliphatic rings. The van der Waals surface area contributed by atoms with Gasteiger partial charge in [0, 0.05) is 12.5 Å². The van der Waals surface area contributed by atoms with Gasteiger partial charge in [-0.25, -0.2) is 0 Å². The van der Waals surface area contributed by atoms with E-state index in [2.05, 4.69) is 28.6 Å². The molecule has 1 aromatic rings. The number of aliphatic carboxylic acids is 1. The van der Waals surface area contributed by atoms with Crippen LogP contribution in [0.25, 0.3) is 0 Å². The Morgan fingerprint density at radius 2 is 2.05 bits per heavy atom. The third-order valence-electron chi connectivity index (χ3n) is 4.08. The molecule has 0 amide bonds. The normalized spacial score (nSPS) is 16.5. The van der Waals surface area contributed by atoms with Gasteiger partial charge in [0.2, 0.25) is 0 Å². The fourth-order valence-corrected chi connectivity index (χ4v) is 3.84. The average Bonchev–Trinajstić information content (AvgIpc) is 2.87. The minimum absolute atomic E-state index is 0.0352. The van der Waals surface area contributed by atoms with Crippen molar-refractivity contribution in [3.63, 3.8) is 0 Å². The molecular weight excluding hydrogens is 286 g/mol. The number of rotatable bonds is 7. The molecule has 0 aromatic carbocycles. The molecule has 6 heteroatoms. The molecule has 1 N–H and O–H groups in total.